The number of morpholine rings is 1. The van der Waals surface area contributed by atoms with Crippen molar-refractivity contribution in [3.05, 3.63) is 29.8 Å². The lowest BCUT2D eigenvalue weighted by atomic mass is 10.0. The van der Waals surface area contributed by atoms with Gasteiger partial charge in [0.05, 0.1) is 32.5 Å². The van der Waals surface area contributed by atoms with E-state index in [9.17, 15) is 9.59 Å². The van der Waals surface area contributed by atoms with Crippen LogP contribution in [0.3, 0.4) is 0 Å². The third kappa shape index (κ3) is 4.69. The number of fused-ring (bicyclic) bond motifs is 1. The number of hydrogen-bond acceptors (Lipinski definition) is 6. The molecule has 3 saturated heterocycles. The molecule has 0 saturated carbocycles. The van der Waals surface area contributed by atoms with E-state index < -0.39 is 18.3 Å². The first-order chi connectivity index (χ1) is 14.5. The number of urea groups is 1. The molecular weight excluding hydrogens is 390 g/mol. The van der Waals surface area contributed by atoms with Gasteiger partial charge in [-0.2, -0.15) is 0 Å². The summed E-state index contributed by atoms with van der Waals surface area (Å²) in [5.74, 6) is 0.426. The molecular formula is C21H29N3O6. The lowest BCUT2D eigenvalue weighted by molar-refractivity contribution is 0.00852. The van der Waals surface area contributed by atoms with Gasteiger partial charge in [-0.1, -0.05) is 26.0 Å². The fourth-order valence-corrected chi connectivity index (χ4v) is 3.94. The van der Waals surface area contributed by atoms with E-state index in [1.165, 1.54) is 5.56 Å². The second kappa shape index (κ2) is 9.20. The Balaban J connectivity index is 1.27. The molecule has 30 heavy (non-hydrogen) atoms. The van der Waals surface area contributed by atoms with E-state index in [0.29, 0.717) is 44.5 Å². The zero-order valence-electron chi connectivity index (χ0n) is 17.3. The van der Waals surface area contributed by atoms with Crippen molar-refractivity contribution in [1.29, 1.82) is 0 Å². The standard InChI is InChI=1S/C21H29N3O6/c1-13(2)14-3-5-15(6-4-14)22-21(26)30-17-12-29-18-16(11-28-19(17)18)23-20(25)24-7-9-27-10-8-24/h3-6,13,16-19H,7-12H2,1-2H3,(H,22,26)(H,23,25)/t16-,17+,18+,19+/m0/s1. The van der Waals surface area contributed by atoms with E-state index in [0.717, 1.165) is 0 Å². The van der Waals surface area contributed by atoms with Gasteiger partial charge in [0.15, 0.2) is 6.10 Å². The number of amides is 3. The molecule has 9 heteroatoms. The molecule has 0 spiro atoms. The monoisotopic (exact) mass is 419 g/mol. The Labute approximate surface area is 176 Å². The van der Waals surface area contributed by atoms with E-state index in [2.05, 4.69) is 24.5 Å². The summed E-state index contributed by atoms with van der Waals surface area (Å²) in [4.78, 5) is 26.5. The fraction of sp³-hybridized carbons (Fsp3) is 0.619. The van der Waals surface area contributed by atoms with Crippen molar-refractivity contribution in [2.24, 2.45) is 0 Å². The molecule has 9 nitrogen and oxygen atoms in total. The lowest BCUT2D eigenvalue weighted by Gasteiger charge is -2.29. The quantitative estimate of drug-likeness (QED) is 0.774. The minimum absolute atomic E-state index is 0.150. The maximum Gasteiger partial charge on any atom is 0.412 e. The van der Waals surface area contributed by atoms with Gasteiger partial charge in [-0.05, 0) is 23.6 Å². The van der Waals surface area contributed by atoms with Crippen molar-refractivity contribution in [2.75, 3.05) is 44.8 Å². The number of ether oxygens (including phenoxy) is 4. The maximum absolute atomic E-state index is 12.4. The molecule has 3 heterocycles. The summed E-state index contributed by atoms with van der Waals surface area (Å²) in [7, 11) is 0. The molecule has 164 valence electrons. The number of nitrogens with zero attached hydrogens (tertiary/aromatic N) is 1. The van der Waals surface area contributed by atoms with Crippen molar-refractivity contribution < 1.29 is 28.5 Å². The second-order valence-electron chi connectivity index (χ2n) is 8.10. The average Bonchev–Trinajstić information content (AvgIpc) is 3.32. The molecule has 3 amide bonds. The number of anilines is 1. The summed E-state index contributed by atoms with van der Waals surface area (Å²) in [5, 5.41) is 5.71. The number of rotatable bonds is 4. The molecule has 0 radical (unpaired) electrons. The van der Waals surface area contributed by atoms with Crippen LogP contribution in [0.15, 0.2) is 24.3 Å². The Hall–Kier alpha value is -2.36. The van der Waals surface area contributed by atoms with E-state index >= 15 is 0 Å². The minimum Gasteiger partial charge on any atom is -0.441 e. The number of carbonyl (C=O) groups is 2. The fourth-order valence-electron chi connectivity index (χ4n) is 3.94. The van der Waals surface area contributed by atoms with Crippen molar-refractivity contribution in [3.8, 4) is 0 Å². The highest BCUT2D eigenvalue weighted by Gasteiger charge is 2.50. The molecule has 3 aliphatic rings. The summed E-state index contributed by atoms with van der Waals surface area (Å²) in [6, 6.07) is 7.25. The molecule has 0 unspecified atom stereocenters. The van der Waals surface area contributed by atoms with Gasteiger partial charge in [-0.25, -0.2) is 9.59 Å². The third-order valence-electron chi connectivity index (χ3n) is 5.70. The first-order valence-electron chi connectivity index (χ1n) is 10.5. The van der Waals surface area contributed by atoms with Crippen molar-refractivity contribution >= 4 is 17.8 Å². The van der Waals surface area contributed by atoms with E-state index in [1.807, 2.05) is 24.3 Å². The highest BCUT2D eigenvalue weighted by atomic mass is 16.6. The van der Waals surface area contributed by atoms with E-state index in [-0.39, 0.29) is 24.8 Å². The summed E-state index contributed by atoms with van der Waals surface area (Å²) in [6.07, 6.45) is -1.80. The van der Waals surface area contributed by atoms with Crippen LogP contribution in [0.25, 0.3) is 0 Å². The maximum atomic E-state index is 12.4. The van der Waals surface area contributed by atoms with Crippen molar-refractivity contribution in [1.82, 2.24) is 10.2 Å². The Morgan fingerprint density at radius 2 is 1.77 bits per heavy atom. The van der Waals surface area contributed by atoms with Crippen LogP contribution in [0.4, 0.5) is 15.3 Å². The van der Waals surface area contributed by atoms with E-state index in [1.54, 1.807) is 4.90 Å². The molecule has 4 atom stereocenters. The molecule has 1 aromatic rings. The highest BCUT2D eigenvalue weighted by molar-refractivity contribution is 5.84. The largest absolute Gasteiger partial charge is 0.441 e. The summed E-state index contributed by atoms with van der Waals surface area (Å²) in [5.41, 5.74) is 1.87. The smallest absolute Gasteiger partial charge is 0.412 e. The van der Waals surface area contributed by atoms with Gasteiger partial charge < -0.3 is 29.2 Å². The first-order valence-corrected chi connectivity index (χ1v) is 10.5. The Bertz CT molecular complexity index is 750. The van der Waals surface area contributed by atoms with Gasteiger partial charge in [-0.3, -0.25) is 5.32 Å². The minimum atomic E-state index is -0.550. The Morgan fingerprint density at radius 1 is 1.07 bits per heavy atom. The molecule has 4 rings (SSSR count). The highest BCUT2D eigenvalue weighted by Crippen LogP contribution is 2.29. The van der Waals surface area contributed by atoms with Crippen LogP contribution >= 0.6 is 0 Å². The van der Waals surface area contributed by atoms with Crippen LogP contribution in [0.5, 0.6) is 0 Å². The van der Waals surface area contributed by atoms with Gasteiger partial charge in [0.1, 0.15) is 12.2 Å². The van der Waals surface area contributed by atoms with Gasteiger partial charge in [0, 0.05) is 18.8 Å². The zero-order chi connectivity index (χ0) is 21.1. The van der Waals surface area contributed by atoms with Crippen LogP contribution in [0.2, 0.25) is 0 Å². The number of nitrogens with one attached hydrogen (secondary N) is 2. The SMILES string of the molecule is CC(C)c1ccc(NC(=O)O[C@@H]2CO[C@H]3[C@@H]2OC[C@@H]3NC(=O)N2CCOCC2)cc1. The summed E-state index contributed by atoms with van der Waals surface area (Å²) in [6.45, 7) is 7.01. The van der Waals surface area contributed by atoms with Crippen LogP contribution in [0.1, 0.15) is 25.3 Å². The molecule has 0 aliphatic carbocycles. The number of benzene rings is 1. The molecule has 0 bridgehead atoms. The van der Waals surface area contributed by atoms with Gasteiger partial charge in [-0.15, -0.1) is 0 Å². The van der Waals surface area contributed by atoms with Crippen LogP contribution in [-0.4, -0.2) is 80.9 Å². The number of carbonyl (C=O) groups excluding carboxylic acids is 2. The average molecular weight is 419 g/mol. The molecule has 1 aromatic carbocycles. The van der Waals surface area contributed by atoms with Gasteiger partial charge in [0.2, 0.25) is 0 Å². The van der Waals surface area contributed by atoms with Gasteiger partial charge in [0.25, 0.3) is 0 Å². The zero-order valence-corrected chi connectivity index (χ0v) is 17.3. The molecule has 2 N–H and O–H groups in total. The van der Waals surface area contributed by atoms with Crippen LogP contribution < -0.4 is 10.6 Å². The summed E-state index contributed by atoms with van der Waals surface area (Å²) >= 11 is 0. The lowest BCUT2D eigenvalue weighted by Crippen LogP contribution is -2.52. The number of hydrogen-bond donors (Lipinski definition) is 2. The molecule has 3 fully saturated rings. The predicted octanol–water partition coefficient (Wildman–Crippen LogP) is 1.94. The van der Waals surface area contributed by atoms with E-state index in [4.69, 9.17) is 18.9 Å². The van der Waals surface area contributed by atoms with Crippen LogP contribution in [-0.2, 0) is 18.9 Å². The third-order valence-corrected chi connectivity index (χ3v) is 5.70. The van der Waals surface area contributed by atoms with Gasteiger partial charge >= 0.3 is 12.1 Å². The van der Waals surface area contributed by atoms with Crippen LogP contribution in [0, 0.1) is 0 Å². The van der Waals surface area contributed by atoms with Crippen molar-refractivity contribution in [3.63, 3.8) is 0 Å². The first kappa shape index (κ1) is 20.9. The normalized spacial score (nSPS) is 28.3. The molecule has 0 aromatic heterocycles. The molecule has 3 aliphatic heterocycles. The topological polar surface area (TPSA) is 98.4 Å². The summed E-state index contributed by atoms with van der Waals surface area (Å²) < 4.78 is 22.4. The second-order valence-corrected chi connectivity index (χ2v) is 8.10. The Morgan fingerprint density at radius 3 is 2.47 bits per heavy atom. The van der Waals surface area contributed by atoms with Crippen molar-refractivity contribution in [2.45, 2.75) is 44.1 Å². The predicted molar refractivity (Wildman–Crippen MR) is 109 cm³/mol. The Kier molecular flexibility index (Phi) is 6.40.